The van der Waals surface area contributed by atoms with Gasteiger partial charge in [0.05, 0.1) is 0 Å². The Labute approximate surface area is 232 Å². The molecule has 2 aromatic carbocycles. The molecule has 2 unspecified atom stereocenters. The molecule has 1 aliphatic heterocycles. The molecule has 1 N–H and O–H groups in total. The SMILES string of the molecule is Cc1ccccc1-c1cc2cnc(NN3CC4CCCC4C3)nc2n(CCN(C=O)C(=O)c2ccccc2)c1=O. The number of hydrazine groups is 1. The van der Waals surface area contributed by atoms with Gasteiger partial charge in [-0.25, -0.2) is 9.99 Å². The Bertz CT molecular complexity index is 1610. The van der Waals surface area contributed by atoms with E-state index in [0.717, 1.165) is 29.1 Å². The molecule has 0 spiro atoms. The highest BCUT2D eigenvalue weighted by atomic mass is 16.2. The molecule has 0 radical (unpaired) electrons. The van der Waals surface area contributed by atoms with Gasteiger partial charge < -0.3 is 0 Å². The minimum atomic E-state index is -0.417. The van der Waals surface area contributed by atoms with Gasteiger partial charge in [0.2, 0.25) is 12.4 Å². The van der Waals surface area contributed by atoms with E-state index in [1.54, 1.807) is 35.0 Å². The van der Waals surface area contributed by atoms with Crippen LogP contribution in [-0.4, -0.2) is 56.4 Å². The number of carbonyl (C=O) groups excluding carboxylic acids is 2. The molecule has 1 aliphatic carbocycles. The molecule has 204 valence electrons. The number of pyridine rings is 1. The van der Waals surface area contributed by atoms with Crippen molar-refractivity contribution in [2.75, 3.05) is 25.1 Å². The first-order valence-electron chi connectivity index (χ1n) is 13.8. The fraction of sp³-hybridized carbons (Fsp3) is 0.323. The number of hydrogen-bond acceptors (Lipinski definition) is 7. The van der Waals surface area contributed by atoms with Crippen LogP contribution in [0.1, 0.15) is 35.2 Å². The third-order valence-electron chi connectivity index (χ3n) is 8.22. The van der Waals surface area contributed by atoms with Gasteiger partial charge in [-0.2, -0.15) is 4.98 Å². The number of aryl methyl sites for hydroxylation is 1. The summed E-state index contributed by atoms with van der Waals surface area (Å²) in [5.74, 6) is 1.43. The van der Waals surface area contributed by atoms with E-state index in [9.17, 15) is 14.4 Å². The number of anilines is 1. The van der Waals surface area contributed by atoms with E-state index >= 15 is 0 Å². The van der Waals surface area contributed by atoms with Crippen molar-refractivity contribution in [1.82, 2.24) is 24.4 Å². The minimum Gasteiger partial charge on any atom is -0.290 e. The maximum absolute atomic E-state index is 13.9. The maximum Gasteiger partial charge on any atom is 0.260 e. The van der Waals surface area contributed by atoms with Gasteiger partial charge in [-0.1, -0.05) is 48.9 Å². The molecule has 2 aromatic heterocycles. The summed E-state index contributed by atoms with van der Waals surface area (Å²) in [5, 5.41) is 2.88. The van der Waals surface area contributed by atoms with Crippen LogP contribution in [-0.2, 0) is 11.3 Å². The summed E-state index contributed by atoms with van der Waals surface area (Å²) in [6.07, 6.45) is 6.07. The molecule has 3 heterocycles. The van der Waals surface area contributed by atoms with Crippen LogP contribution in [0.25, 0.3) is 22.2 Å². The number of amides is 2. The van der Waals surface area contributed by atoms with Crippen LogP contribution in [0.5, 0.6) is 0 Å². The number of fused-ring (bicyclic) bond motifs is 2. The zero-order valence-electron chi connectivity index (χ0n) is 22.5. The van der Waals surface area contributed by atoms with Gasteiger partial charge in [0.15, 0.2) is 0 Å². The third kappa shape index (κ3) is 5.00. The summed E-state index contributed by atoms with van der Waals surface area (Å²) in [5.41, 5.74) is 6.30. The van der Waals surface area contributed by atoms with Gasteiger partial charge in [-0.05, 0) is 60.9 Å². The molecule has 2 fully saturated rings. The predicted molar refractivity (Wildman–Crippen MR) is 154 cm³/mol. The number of benzene rings is 2. The van der Waals surface area contributed by atoms with Crippen LogP contribution < -0.4 is 11.0 Å². The molecule has 1 saturated heterocycles. The molecule has 9 heteroatoms. The first-order valence-corrected chi connectivity index (χ1v) is 13.8. The summed E-state index contributed by atoms with van der Waals surface area (Å²) in [6, 6.07) is 18.2. The normalized spacial score (nSPS) is 18.5. The molecule has 2 amide bonds. The molecule has 4 aromatic rings. The number of nitrogens with one attached hydrogen (secondary N) is 1. The van der Waals surface area contributed by atoms with E-state index in [4.69, 9.17) is 4.98 Å². The lowest BCUT2D eigenvalue weighted by Crippen LogP contribution is -2.35. The van der Waals surface area contributed by atoms with E-state index in [-0.39, 0.29) is 18.6 Å². The number of aromatic nitrogens is 3. The standard InChI is InChI=1S/C31H32N6O3/c1-21-8-5-6-13-26(21)27-16-25-17-32-31(34-36-18-23-11-7-12-24(23)19-36)33-28(25)37(30(27)40)15-14-35(20-38)29(39)22-9-3-2-4-10-22/h2-6,8-10,13,16-17,20,23-24H,7,11-12,14-15,18-19H2,1H3,(H,32,33,34). The van der Waals surface area contributed by atoms with Crippen LogP contribution in [0.15, 0.2) is 71.7 Å². The Balaban J connectivity index is 1.36. The fourth-order valence-electron chi connectivity index (χ4n) is 6.11. The third-order valence-corrected chi connectivity index (χ3v) is 8.22. The van der Waals surface area contributed by atoms with E-state index in [1.165, 1.54) is 19.3 Å². The van der Waals surface area contributed by atoms with Crippen molar-refractivity contribution in [3.05, 3.63) is 88.3 Å². The second-order valence-corrected chi connectivity index (χ2v) is 10.7. The molecule has 40 heavy (non-hydrogen) atoms. The molecule has 9 nitrogen and oxygen atoms in total. The summed E-state index contributed by atoms with van der Waals surface area (Å²) >= 11 is 0. The highest BCUT2D eigenvalue weighted by Crippen LogP contribution is 2.37. The number of imide groups is 1. The summed E-state index contributed by atoms with van der Waals surface area (Å²) < 4.78 is 1.55. The van der Waals surface area contributed by atoms with Crippen molar-refractivity contribution >= 4 is 29.3 Å². The van der Waals surface area contributed by atoms with E-state index < -0.39 is 5.91 Å². The van der Waals surface area contributed by atoms with Gasteiger partial charge in [-0.3, -0.25) is 29.3 Å². The Kier molecular flexibility index (Phi) is 7.13. The molecular formula is C31H32N6O3. The first-order chi connectivity index (χ1) is 19.5. The van der Waals surface area contributed by atoms with Crippen molar-refractivity contribution in [3.8, 4) is 11.1 Å². The van der Waals surface area contributed by atoms with Gasteiger partial charge >= 0.3 is 0 Å². The molecular weight excluding hydrogens is 504 g/mol. The monoisotopic (exact) mass is 536 g/mol. The lowest BCUT2D eigenvalue weighted by Gasteiger charge is -2.20. The summed E-state index contributed by atoms with van der Waals surface area (Å²) in [6.45, 7) is 4.00. The van der Waals surface area contributed by atoms with Crippen molar-refractivity contribution in [2.24, 2.45) is 11.8 Å². The lowest BCUT2D eigenvalue weighted by molar-refractivity contribution is -0.116. The highest BCUT2D eigenvalue weighted by molar-refractivity contribution is 5.99. The Morgan fingerprint density at radius 3 is 2.50 bits per heavy atom. The minimum absolute atomic E-state index is 0.0196. The molecule has 2 aliphatic rings. The zero-order valence-corrected chi connectivity index (χ0v) is 22.5. The smallest absolute Gasteiger partial charge is 0.260 e. The van der Waals surface area contributed by atoms with Gasteiger partial charge in [0.25, 0.3) is 11.5 Å². The number of carbonyl (C=O) groups is 2. The Hall–Kier alpha value is -4.37. The Morgan fingerprint density at radius 2 is 1.77 bits per heavy atom. The second kappa shape index (κ2) is 11.0. The first kappa shape index (κ1) is 25.9. The fourth-order valence-corrected chi connectivity index (χ4v) is 6.11. The molecule has 0 bridgehead atoms. The largest absolute Gasteiger partial charge is 0.290 e. The molecule has 6 rings (SSSR count). The lowest BCUT2D eigenvalue weighted by atomic mass is 10.0. The highest BCUT2D eigenvalue weighted by Gasteiger charge is 2.36. The Morgan fingerprint density at radius 1 is 1.05 bits per heavy atom. The molecule has 2 atom stereocenters. The van der Waals surface area contributed by atoms with Crippen molar-refractivity contribution in [3.63, 3.8) is 0 Å². The van der Waals surface area contributed by atoms with Crippen LogP contribution in [0.4, 0.5) is 5.95 Å². The second-order valence-electron chi connectivity index (χ2n) is 10.7. The van der Waals surface area contributed by atoms with Gasteiger partial charge in [0.1, 0.15) is 5.65 Å². The van der Waals surface area contributed by atoms with Crippen LogP contribution in [0, 0.1) is 18.8 Å². The number of hydrogen-bond donors (Lipinski definition) is 1. The van der Waals surface area contributed by atoms with Crippen molar-refractivity contribution in [1.29, 1.82) is 0 Å². The average molecular weight is 537 g/mol. The number of nitrogens with zero attached hydrogens (tertiary/aromatic N) is 5. The van der Waals surface area contributed by atoms with Crippen LogP contribution in [0.3, 0.4) is 0 Å². The van der Waals surface area contributed by atoms with Crippen LogP contribution in [0.2, 0.25) is 0 Å². The van der Waals surface area contributed by atoms with Crippen molar-refractivity contribution < 1.29 is 9.59 Å². The van der Waals surface area contributed by atoms with Gasteiger partial charge in [0, 0.05) is 48.9 Å². The van der Waals surface area contributed by atoms with Gasteiger partial charge in [-0.15, -0.1) is 0 Å². The van der Waals surface area contributed by atoms with E-state index in [1.807, 2.05) is 43.3 Å². The average Bonchev–Trinajstić information content (AvgIpc) is 3.57. The summed E-state index contributed by atoms with van der Waals surface area (Å²) in [4.78, 5) is 49.3. The van der Waals surface area contributed by atoms with E-state index in [2.05, 4.69) is 15.4 Å². The quantitative estimate of drug-likeness (QED) is 0.338. The maximum atomic E-state index is 13.9. The zero-order chi connectivity index (χ0) is 27.6. The topological polar surface area (TPSA) is 100 Å². The van der Waals surface area contributed by atoms with Crippen molar-refractivity contribution in [2.45, 2.75) is 32.7 Å². The van der Waals surface area contributed by atoms with Crippen LogP contribution >= 0.6 is 0 Å². The molecule has 1 saturated carbocycles. The predicted octanol–water partition coefficient (Wildman–Crippen LogP) is 4.12. The summed E-state index contributed by atoms with van der Waals surface area (Å²) in [7, 11) is 0. The van der Waals surface area contributed by atoms with E-state index in [0.29, 0.717) is 46.4 Å². The number of rotatable bonds is 8.